The summed E-state index contributed by atoms with van der Waals surface area (Å²) in [4.78, 5) is 25.0. The quantitative estimate of drug-likeness (QED) is 0.770. The highest BCUT2D eigenvalue weighted by atomic mass is 32.7. The van der Waals surface area contributed by atoms with E-state index >= 15 is 0 Å². The van der Waals surface area contributed by atoms with Crippen molar-refractivity contribution >= 4 is 34.8 Å². The van der Waals surface area contributed by atoms with Crippen molar-refractivity contribution in [2.75, 3.05) is 19.6 Å². The van der Waals surface area contributed by atoms with Gasteiger partial charge in [-0.25, -0.2) is 4.57 Å². The van der Waals surface area contributed by atoms with Crippen LogP contribution in [0.15, 0.2) is 47.5 Å². The number of fused-ring (bicyclic) bond motifs is 1. The molecule has 0 aliphatic carbocycles. The summed E-state index contributed by atoms with van der Waals surface area (Å²) in [5.41, 5.74) is 1.23. The molecule has 2 N–H and O–H groups in total. The molecule has 0 amide bonds. The summed E-state index contributed by atoms with van der Waals surface area (Å²) in [7, 11) is 0. The van der Waals surface area contributed by atoms with Crippen LogP contribution in [0.1, 0.15) is 12.5 Å². The summed E-state index contributed by atoms with van der Waals surface area (Å²) in [6, 6.07) is 14.6. The van der Waals surface area contributed by atoms with E-state index < -0.39 is 6.80 Å². The van der Waals surface area contributed by atoms with E-state index in [4.69, 9.17) is 9.79 Å². The molecule has 7 heteroatoms. The smallest absolute Gasteiger partial charge is 0.357 e. The Kier molecular flexibility index (Phi) is 5.30. The van der Waals surface area contributed by atoms with Gasteiger partial charge in [-0.05, 0) is 27.7 Å². The highest BCUT2D eigenvalue weighted by molar-refractivity contribution is 8.54. The lowest BCUT2D eigenvalue weighted by Gasteiger charge is -2.24. The Bertz CT molecular complexity index is 800. The van der Waals surface area contributed by atoms with Gasteiger partial charge in [0.2, 0.25) is 0 Å². The van der Waals surface area contributed by atoms with Gasteiger partial charge >= 0.3 is 6.80 Å². The molecule has 1 unspecified atom stereocenters. The van der Waals surface area contributed by atoms with Gasteiger partial charge in [0, 0.05) is 24.8 Å². The molecule has 2 aromatic carbocycles. The van der Waals surface area contributed by atoms with E-state index in [1.807, 2.05) is 19.1 Å². The lowest BCUT2D eigenvalue weighted by Crippen LogP contribution is -2.34. The van der Waals surface area contributed by atoms with Crippen molar-refractivity contribution < 1.29 is 14.4 Å². The Labute approximate surface area is 145 Å². The second-order valence-corrected chi connectivity index (χ2v) is 10.0. The SMILES string of the molecule is CC(CN1CCN=C1Cc1cccc2ccccc12)SP(=O)(O)O. The summed E-state index contributed by atoms with van der Waals surface area (Å²) in [6.45, 7) is -0.0507. The Hall–Kier alpha value is -1.33. The maximum absolute atomic E-state index is 11.1. The third-order valence-electron chi connectivity index (χ3n) is 4.05. The zero-order valence-corrected chi connectivity index (χ0v) is 15.2. The zero-order valence-electron chi connectivity index (χ0n) is 13.5. The number of hydrogen-bond donors (Lipinski definition) is 2. The van der Waals surface area contributed by atoms with Gasteiger partial charge in [-0.3, -0.25) is 4.99 Å². The molecule has 1 atom stereocenters. The Morgan fingerprint density at radius 1 is 1.25 bits per heavy atom. The number of hydrogen-bond acceptors (Lipinski definition) is 4. The first-order valence-electron chi connectivity index (χ1n) is 7.91. The van der Waals surface area contributed by atoms with Gasteiger partial charge < -0.3 is 14.7 Å². The Morgan fingerprint density at radius 2 is 2.00 bits per heavy atom. The molecule has 3 rings (SSSR count). The van der Waals surface area contributed by atoms with Gasteiger partial charge in [0.05, 0.1) is 6.54 Å². The second kappa shape index (κ2) is 7.28. The fourth-order valence-electron chi connectivity index (χ4n) is 3.09. The second-order valence-electron chi connectivity index (χ2n) is 5.97. The van der Waals surface area contributed by atoms with Crippen molar-refractivity contribution in [3.8, 4) is 0 Å². The molecule has 0 bridgehead atoms. The van der Waals surface area contributed by atoms with Crippen LogP contribution in [0.25, 0.3) is 10.8 Å². The van der Waals surface area contributed by atoms with Gasteiger partial charge in [-0.1, -0.05) is 49.4 Å². The van der Waals surface area contributed by atoms with Crippen molar-refractivity contribution in [3.05, 3.63) is 48.0 Å². The van der Waals surface area contributed by atoms with E-state index in [1.54, 1.807) is 0 Å². The van der Waals surface area contributed by atoms with E-state index in [9.17, 15) is 4.57 Å². The van der Waals surface area contributed by atoms with Crippen LogP contribution < -0.4 is 0 Å². The minimum atomic E-state index is -4.05. The number of aliphatic imine (C=N–C) groups is 1. The predicted molar refractivity (Wildman–Crippen MR) is 101 cm³/mol. The van der Waals surface area contributed by atoms with E-state index in [1.165, 1.54) is 16.3 Å². The Balaban J connectivity index is 1.73. The topological polar surface area (TPSA) is 73.1 Å². The maximum Gasteiger partial charge on any atom is 0.384 e. The lowest BCUT2D eigenvalue weighted by atomic mass is 10.0. The first kappa shape index (κ1) is 17.5. The fraction of sp³-hybridized carbons (Fsp3) is 0.353. The van der Waals surface area contributed by atoms with Crippen LogP contribution in [-0.4, -0.2) is 45.4 Å². The molecule has 5 nitrogen and oxygen atoms in total. The molecule has 1 heterocycles. The van der Waals surface area contributed by atoms with Crippen LogP contribution in [0.3, 0.4) is 0 Å². The van der Waals surface area contributed by atoms with Gasteiger partial charge in [0.1, 0.15) is 5.84 Å². The molecule has 0 fully saturated rings. The summed E-state index contributed by atoms with van der Waals surface area (Å²) in [5.74, 6) is 1.00. The number of nitrogens with zero attached hydrogens (tertiary/aromatic N) is 2. The monoisotopic (exact) mass is 364 g/mol. The van der Waals surface area contributed by atoms with Crippen LogP contribution in [0, 0.1) is 0 Å². The molecular weight excluding hydrogens is 343 g/mol. The van der Waals surface area contributed by atoms with Gasteiger partial charge in [-0.2, -0.15) is 0 Å². The molecule has 1 aliphatic rings. The van der Waals surface area contributed by atoms with Crippen molar-refractivity contribution in [3.63, 3.8) is 0 Å². The van der Waals surface area contributed by atoms with Crippen LogP contribution in [-0.2, 0) is 11.0 Å². The zero-order chi connectivity index (χ0) is 17.2. The minimum Gasteiger partial charge on any atom is -0.357 e. The summed E-state index contributed by atoms with van der Waals surface area (Å²) >= 11 is 0.724. The standard InChI is InChI=1S/C17H21N2O3PS/c1-13(24-23(20,21)22)12-19-10-9-18-17(19)11-15-7-4-6-14-5-2-3-8-16(14)15/h2-8,13H,9-12H2,1H3,(H2,20,21,22). The molecule has 2 aromatic rings. The molecule has 0 spiro atoms. The van der Waals surface area contributed by atoms with E-state index in [0.29, 0.717) is 6.54 Å². The maximum atomic E-state index is 11.1. The average Bonchev–Trinajstić information content (AvgIpc) is 2.92. The van der Waals surface area contributed by atoms with Crippen molar-refractivity contribution in [1.29, 1.82) is 0 Å². The molecule has 0 saturated heterocycles. The molecule has 1 aliphatic heterocycles. The van der Waals surface area contributed by atoms with Gasteiger partial charge in [0.15, 0.2) is 0 Å². The first-order valence-corrected chi connectivity index (χ1v) is 11.0. The molecule has 0 aromatic heterocycles. The number of rotatable bonds is 6. The van der Waals surface area contributed by atoms with Crippen molar-refractivity contribution in [2.24, 2.45) is 4.99 Å². The van der Waals surface area contributed by atoms with Crippen molar-refractivity contribution in [1.82, 2.24) is 4.90 Å². The van der Waals surface area contributed by atoms with Crippen LogP contribution in [0.5, 0.6) is 0 Å². The van der Waals surface area contributed by atoms with Gasteiger partial charge in [-0.15, -0.1) is 0 Å². The summed E-state index contributed by atoms with van der Waals surface area (Å²) < 4.78 is 11.1. The largest absolute Gasteiger partial charge is 0.384 e. The third-order valence-corrected chi connectivity index (χ3v) is 6.74. The molecule has 0 saturated carbocycles. The minimum absolute atomic E-state index is 0.151. The van der Waals surface area contributed by atoms with Crippen molar-refractivity contribution in [2.45, 2.75) is 18.6 Å². The van der Waals surface area contributed by atoms with E-state index in [-0.39, 0.29) is 5.25 Å². The predicted octanol–water partition coefficient (Wildman–Crippen LogP) is 3.31. The van der Waals surface area contributed by atoms with Gasteiger partial charge in [0.25, 0.3) is 0 Å². The highest BCUT2D eigenvalue weighted by Crippen LogP contribution is 2.52. The van der Waals surface area contributed by atoms with Crippen LogP contribution in [0.4, 0.5) is 0 Å². The van der Waals surface area contributed by atoms with E-state index in [0.717, 1.165) is 36.7 Å². The fourth-order valence-corrected chi connectivity index (χ4v) is 5.41. The number of benzene rings is 2. The van der Waals surface area contributed by atoms with E-state index in [2.05, 4.69) is 40.2 Å². The third kappa shape index (κ3) is 4.39. The Morgan fingerprint density at radius 3 is 2.79 bits per heavy atom. The van der Waals surface area contributed by atoms with Crippen LogP contribution in [0.2, 0.25) is 0 Å². The molecule has 24 heavy (non-hydrogen) atoms. The molecule has 128 valence electrons. The lowest BCUT2D eigenvalue weighted by molar-refractivity contribution is 0.395. The average molecular weight is 364 g/mol. The normalized spacial score (nSPS) is 16.5. The number of amidine groups is 1. The molecular formula is C17H21N2O3PS. The molecule has 0 radical (unpaired) electrons. The summed E-state index contributed by atoms with van der Waals surface area (Å²) in [5, 5.41) is 2.29. The summed E-state index contributed by atoms with van der Waals surface area (Å²) in [6.07, 6.45) is 0.745. The van der Waals surface area contributed by atoms with Crippen LogP contribution >= 0.6 is 18.2 Å². The first-order chi connectivity index (χ1) is 11.4. The highest BCUT2D eigenvalue weighted by Gasteiger charge is 2.24.